The minimum Gasteiger partial charge on any atom is -0.272 e. The van der Waals surface area contributed by atoms with Gasteiger partial charge in [-0.25, -0.2) is 5.20 Å². The number of hydrogen-bond donors (Lipinski definition) is 0. The van der Waals surface area contributed by atoms with Crippen LogP contribution >= 0.6 is 0 Å². The summed E-state index contributed by atoms with van der Waals surface area (Å²) in [5.74, 6) is 0. The third kappa shape index (κ3) is 3.71. The summed E-state index contributed by atoms with van der Waals surface area (Å²) in [5, 5.41) is 2.31. The average molecular weight is 501 g/mol. The Morgan fingerprint density at radius 1 is 0.833 bits per heavy atom. The van der Waals surface area contributed by atoms with Crippen LogP contribution in [0.2, 0.25) is 36.3 Å². The van der Waals surface area contributed by atoms with Crippen molar-refractivity contribution in [3.05, 3.63) is 41.5 Å². The van der Waals surface area contributed by atoms with E-state index >= 15 is 0 Å². The fourth-order valence-corrected chi connectivity index (χ4v) is 7.87. The molecule has 1 aliphatic rings. The van der Waals surface area contributed by atoms with Crippen LogP contribution < -0.4 is 0 Å². The molecule has 1 aromatic rings. The third-order valence-electron chi connectivity index (χ3n) is 6.98. The molecule has 0 aromatic heterocycles. The van der Waals surface area contributed by atoms with E-state index in [0.717, 1.165) is 0 Å². The van der Waals surface area contributed by atoms with Gasteiger partial charge in [-0.3, -0.25) is 6.08 Å². The Kier molecular flexibility index (Phi) is 6.67. The van der Waals surface area contributed by atoms with Crippen molar-refractivity contribution in [1.82, 2.24) is 0 Å². The summed E-state index contributed by atoms with van der Waals surface area (Å²) in [7, 11) is -3.09. The van der Waals surface area contributed by atoms with E-state index in [1.54, 1.807) is 10.8 Å². The van der Waals surface area contributed by atoms with Gasteiger partial charge >= 0.3 is 0 Å². The first-order valence-electron chi connectivity index (χ1n) is 8.94. The predicted molar refractivity (Wildman–Crippen MR) is 110 cm³/mol. The molecule has 2 rings (SSSR count). The van der Waals surface area contributed by atoms with Gasteiger partial charge in [-0.2, -0.15) is 5.56 Å². The van der Waals surface area contributed by atoms with E-state index in [0.29, 0.717) is 15.6 Å². The Morgan fingerprint density at radius 2 is 1.33 bits per heavy atom. The Labute approximate surface area is 184 Å². The van der Waals surface area contributed by atoms with E-state index in [4.69, 9.17) is 0 Å². The van der Waals surface area contributed by atoms with Crippen LogP contribution in [-0.4, -0.2) is 16.1 Å². The fourth-order valence-electron chi connectivity index (χ4n) is 3.17. The Morgan fingerprint density at radius 3 is 1.79 bits per heavy atom. The molecule has 0 spiro atoms. The van der Waals surface area contributed by atoms with Gasteiger partial charge in [-0.05, 0) is 10.1 Å². The van der Waals surface area contributed by atoms with Crippen LogP contribution in [0.5, 0.6) is 0 Å². The van der Waals surface area contributed by atoms with Gasteiger partial charge in [-0.1, -0.05) is 91.5 Å². The van der Waals surface area contributed by atoms with Crippen molar-refractivity contribution in [2.45, 2.75) is 83.3 Å². The molecule has 24 heavy (non-hydrogen) atoms. The van der Waals surface area contributed by atoms with Crippen LogP contribution in [0, 0.1) is 46.0 Å². The molecule has 0 amide bonds. The molecule has 1 aliphatic carbocycles. The Balaban J connectivity index is 0.00000288. The number of benzene rings is 1. The van der Waals surface area contributed by atoms with Crippen molar-refractivity contribution >= 4 is 21.3 Å². The molecule has 1 aromatic carbocycles. The van der Waals surface area contributed by atoms with Crippen molar-refractivity contribution in [3.8, 4) is 0 Å². The number of rotatable bonds is 2. The molecule has 0 radical (unpaired) electrons. The number of hydrogen-bond acceptors (Lipinski definition) is 0. The van der Waals surface area contributed by atoms with Crippen LogP contribution in [0.4, 0.5) is 0 Å². The number of fused-ring (bicyclic) bond motifs is 1. The van der Waals surface area contributed by atoms with Crippen molar-refractivity contribution in [1.29, 1.82) is 0 Å². The molecular formula is C21H35GdSi2-. The topological polar surface area (TPSA) is 0 Å². The monoisotopic (exact) mass is 501 g/mol. The normalized spacial score (nSPS) is 18.8. The van der Waals surface area contributed by atoms with Crippen molar-refractivity contribution in [2.75, 3.05) is 0 Å². The maximum absolute atomic E-state index is 4.09. The van der Waals surface area contributed by atoms with Gasteiger partial charge < -0.3 is 0 Å². The first-order valence-corrected chi connectivity index (χ1v) is 15.0. The summed E-state index contributed by atoms with van der Waals surface area (Å²) in [6.07, 6.45) is 4.09. The van der Waals surface area contributed by atoms with Crippen molar-refractivity contribution in [3.63, 3.8) is 0 Å². The minimum absolute atomic E-state index is 0. The molecule has 0 fully saturated rings. The first kappa shape index (κ1) is 22.8. The van der Waals surface area contributed by atoms with Crippen LogP contribution in [-0.2, 0) is 0 Å². The molecule has 136 valence electrons. The first-order chi connectivity index (χ1) is 10.2. The zero-order valence-electron chi connectivity index (χ0n) is 17.2. The van der Waals surface area contributed by atoms with Gasteiger partial charge in [-0.15, -0.1) is 11.6 Å². The predicted octanol–water partition coefficient (Wildman–Crippen LogP) is 7.07. The van der Waals surface area contributed by atoms with Crippen LogP contribution in [0.25, 0.3) is 5.20 Å². The fraction of sp³-hybridized carbons (Fsp3) is 0.619. The molecular weight excluding hydrogens is 466 g/mol. The van der Waals surface area contributed by atoms with E-state index in [1.165, 1.54) is 5.56 Å². The molecule has 3 heteroatoms. The summed E-state index contributed by atoms with van der Waals surface area (Å²) in [5.41, 5.74) is 3.59. The standard InChI is InChI=1S/C21H35Si2.Gd/c1-20(2,3)22(7,8)18-15-19(23(9,10)21(4,5)6)17-14-12-11-13-16(17)18;/h11-14,18H,1-10H3;/q-1;. The average Bonchev–Trinajstić information content (AvgIpc) is 2.76. The molecule has 0 saturated carbocycles. The van der Waals surface area contributed by atoms with Crippen LogP contribution in [0.1, 0.15) is 58.2 Å². The van der Waals surface area contributed by atoms with E-state index in [9.17, 15) is 0 Å². The Bertz CT molecular complexity index is 628. The summed E-state index contributed by atoms with van der Waals surface area (Å²) in [4.78, 5) is 0. The largest absolute Gasteiger partial charge is 0.272 e. The van der Waals surface area contributed by atoms with E-state index in [2.05, 4.69) is 98.1 Å². The summed E-state index contributed by atoms with van der Waals surface area (Å²) in [6.45, 7) is 24.7. The zero-order chi connectivity index (χ0) is 17.8. The minimum atomic E-state index is -1.58. The van der Waals surface area contributed by atoms with Crippen LogP contribution in [0.3, 0.4) is 0 Å². The van der Waals surface area contributed by atoms with Gasteiger partial charge in [0, 0.05) is 56.1 Å². The van der Waals surface area contributed by atoms with Gasteiger partial charge in [0.05, 0.1) is 0 Å². The Hall–Kier alpha value is 0.718. The van der Waals surface area contributed by atoms with Crippen LogP contribution in [0.15, 0.2) is 24.3 Å². The smallest absolute Gasteiger partial charge is 0.0484 e. The van der Waals surface area contributed by atoms with E-state index in [-0.39, 0.29) is 39.9 Å². The molecule has 1 unspecified atom stereocenters. The molecule has 0 heterocycles. The molecule has 0 saturated heterocycles. The van der Waals surface area contributed by atoms with E-state index in [1.807, 2.05) is 0 Å². The second-order valence-corrected chi connectivity index (χ2v) is 21.2. The van der Waals surface area contributed by atoms with Gasteiger partial charge in [0.1, 0.15) is 0 Å². The number of allylic oxidation sites excluding steroid dienone is 1. The van der Waals surface area contributed by atoms with Crippen molar-refractivity contribution in [2.24, 2.45) is 0 Å². The molecule has 0 bridgehead atoms. The second kappa shape index (κ2) is 7.03. The molecule has 0 N–H and O–H groups in total. The molecule has 0 aliphatic heterocycles. The van der Waals surface area contributed by atoms with E-state index < -0.39 is 16.1 Å². The van der Waals surface area contributed by atoms with Gasteiger partial charge in [0.25, 0.3) is 0 Å². The summed E-state index contributed by atoms with van der Waals surface area (Å²) >= 11 is 0. The molecule has 1 atom stereocenters. The third-order valence-corrected chi connectivity index (χ3v) is 18.2. The molecule has 0 nitrogen and oxygen atoms in total. The van der Waals surface area contributed by atoms with Gasteiger partial charge in [0.15, 0.2) is 0 Å². The summed E-state index contributed by atoms with van der Waals surface area (Å²) in [6, 6.07) is 9.15. The maximum Gasteiger partial charge on any atom is 0.0484 e. The zero-order valence-corrected chi connectivity index (χ0v) is 21.5. The maximum atomic E-state index is 4.09. The second-order valence-electron chi connectivity index (χ2n) is 10.4. The van der Waals surface area contributed by atoms with Gasteiger partial charge in [0.2, 0.25) is 0 Å². The quantitative estimate of drug-likeness (QED) is 0.301. The summed E-state index contributed by atoms with van der Waals surface area (Å²) < 4.78 is 0. The SMILES string of the molecule is CC(C)(C)[Si](C)(C)C1=[C-]C([Si](C)(C)C(C)(C)C)c2ccccc21.[Gd]. The van der Waals surface area contributed by atoms with Crippen molar-refractivity contribution < 1.29 is 39.9 Å².